The second kappa shape index (κ2) is 9.30. The molecule has 2 spiro atoms. The van der Waals surface area contributed by atoms with Crippen molar-refractivity contribution in [1.82, 2.24) is 0 Å². The minimum atomic E-state index is -2.10. The van der Waals surface area contributed by atoms with Crippen LogP contribution in [-0.2, 0) is 24.2 Å². The van der Waals surface area contributed by atoms with Crippen LogP contribution in [0.15, 0.2) is 109 Å². The van der Waals surface area contributed by atoms with E-state index in [0.29, 0.717) is 11.8 Å². The van der Waals surface area contributed by atoms with E-state index < -0.39 is 16.1 Å². The number of rotatable bonds is 2. The highest BCUT2D eigenvalue weighted by Gasteiger charge is 2.52. The Bertz CT molecular complexity index is 2240. The van der Waals surface area contributed by atoms with Gasteiger partial charge in [0.1, 0.15) is 16.1 Å². The first-order valence-electron chi connectivity index (χ1n) is 17.4. The van der Waals surface area contributed by atoms with Gasteiger partial charge in [-0.3, -0.25) is 0 Å². The van der Waals surface area contributed by atoms with Crippen molar-refractivity contribution < 1.29 is 0 Å². The number of benzene rings is 6. The molecule has 0 unspecified atom stereocenters. The van der Waals surface area contributed by atoms with Crippen LogP contribution < -0.4 is 20.7 Å². The second-order valence-corrected chi connectivity index (χ2v) is 23.3. The summed E-state index contributed by atoms with van der Waals surface area (Å²) in [7, 11) is -4.18. The molecule has 224 valence electrons. The summed E-state index contributed by atoms with van der Waals surface area (Å²) in [6, 6.07) is 49.1. The molecular formula is C44H40Si2. The van der Waals surface area contributed by atoms with Crippen molar-refractivity contribution in [3.63, 3.8) is 0 Å². The Kier molecular flexibility index (Phi) is 5.49. The third kappa shape index (κ3) is 3.39. The highest BCUT2D eigenvalue weighted by molar-refractivity contribution is 7.07. The maximum Gasteiger partial charge on any atom is 0.128 e. The van der Waals surface area contributed by atoms with Gasteiger partial charge in [0.05, 0.1) is 0 Å². The molecule has 6 aromatic carbocycles. The lowest BCUT2D eigenvalue weighted by Crippen LogP contribution is -2.63. The van der Waals surface area contributed by atoms with Gasteiger partial charge in [-0.1, -0.05) is 137 Å². The van der Waals surface area contributed by atoms with E-state index in [-0.39, 0.29) is 0 Å². The first-order valence-corrected chi connectivity index (χ1v) is 22.2. The molecule has 0 fully saturated rings. The average molecular weight is 625 g/mol. The lowest BCUT2D eigenvalue weighted by molar-refractivity contribution is 0.868. The Morgan fingerprint density at radius 2 is 0.935 bits per heavy atom. The summed E-state index contributed by atoms with van der Waals surface area (Å²) >= 11 is 0. The van der Waals surface area contributed by atoms with E-state index in [9.17, 15) is 0 Å². The van der Waals surface area contributed by atoms with Gasteiger partial charge in [-0.15, -0.1) is 0 Å². The van der Waals surface area contributed by atoms with Gasteiger partial charge in [-0.05, 0) is 123 Å². The van der Waals surface area contributed by atoms with Crippen molar-refractivity contribution in [2.75, 3.05) is 0 Å². The molecule has 2 heteroatoms. The van der Waals surface area contributed by atoms with Gasteiger partial charge in [0, 0.05) is 0 Å². The van der Waals surface area contributed by atoms with Gasteiger partial charge in [0.25, 0.3) is 0 Å². The van der Waals surface area contributed by atoms with Crippen molar-refractivity contribution in [1.29, 1.82) is 0 Å². The molecular weight excluding hydrogens is 585 g/mol. The standard InChI is InChI=1S/C44H40Si2/c1-27(2)29-16-18-35-38-22-42-43(36-19-17-30(28(3)4)21-41(36)46(42)25-33-12-7-8-13-34(33)26-46)37-14-9-15-39(44(37)38)45(40(35)20-29)23-31-10-5-6-11-32(31)24-45/h5-22,27-28H,23-26H2,1-4H3. The van der Waals surface area contributed by atoms with Crippen LogP contribution in [0.4, 0.5) is 0 Å². The minimum Gasteiger partial charge on any atom is -0.0620 e. The average Bonchev–Trinajstić information content (AvgIpc) is 3.74. The highest BCUT2D eigenvalue weighted by atomic mass is 28.3. The molecule has 0 saturated carbocycles. The Morgan fingerprint density at radius 3 is 1.48 bits per heavy atom. The molecule has 0 radical (unpaired) electrons. The molecule has 10 rings (SSSR count). The molecule has 6 aromatic rings. The summed E-state index contributed by atoms with van der Waals surface area (Å²) in [4.78, 5) is 0. The summed E-state index contributed by atoms with van der Waals surface area (Å²) in [5.41, 5.74) is 15.5. The van der Waals surface area contributed by atoms with E-state index in [1.807, 2.05) is 0 Å². The van der Waals surface area contributed by atoms with Crippen LogP contribution in [0.2, 0.25) is 0 Å². The van der Waals surface area contributed by atoms with Crippen LogP contribution in [0.1, 0.15) is 72.9 Å². The van der Waals surface area contributed by atoms with Crippen LogP contribution in [-0.4, -0.2) is 16.1 Å². The second-order valence-electron chi connectivity index (χ2n) is 15.4. The van der Waals surface area contributed by atoms with Crippen LogP contribution >= 0.6 is 0 Å². The van der Waals surface area contributed by atoms with Crippen LogP contribution in [0.25, 0.3) is 33.0 Å². The molecule has 46 heavy (non-hydrogen) atoms. The Balaban J connectivity index is 1.32. The molecule has 0 nitrogen and oxygen atoms in total. The van der Waals surface area contributed by atoms with E-state index in [1.165, 1.54) is 57.4 Å². The summed E-state index contributed by atoms with van der Waals surface area (Å²) < 4.78 is 0. The summed E-state index contributed by atoms with van der Waals surface area (Å²) in [5, 5.41) is 9.87. The smallest absolute Gasteiger partial charge is 0.0620 e. The number of hydrogen-bond donors (Lipinski definition) is 0. The number of fused-ring (bicyclic) bond motifs is 12. The fourth-order valence-electron chi connectivity index (χ4n) is 10.1. The Hall–Kier alpha value is -3.99. The van der Waals surface area contributed by atoms with Gasteiger partial charge in [0.2, 0.25) is 0 Å². The lowest BCUT2D eigenvalue weighted by atomic mass is 9.90. The van der Waals surface area contributed by atoms with Crippen LogP contribution in [0.5, 0.6) is 0 Å². The summed E-state index contributed by atoms with van der Waals surface area (Å²) in [6.45, 7) is 9.44. The van der Waals surface area contributed by atoms with Gasteiger partial charge >= 0.3 is 0 Å². The van der Waals surface area contributed by atoms with Gasteiger partial charge < -0.3 is 0 Å². The summed E-state index contributed by atoms with van der Waals surface area (Å²) in [6.07, 6.45) is 0. The zero-order valence-corrected chi connectivity index (χ0v) is 29.4. The van der Waals surface area contributed by atoms with Gasteiger partial charge in [0.15, 0.2) is 0 Å². The van der Waals surface area contributed by atoms with Crippen molar-refractivity contribution in [3.8, 4) is 22.3 Å². The molecule has 0 amide bonds. The van der Waals surface area contributed by atoms with Gasteiger partial charge in [-0.2, -0.15) is 0 Å². The van der Waals surface area contributed by atoms with E-state index in [2.05, 4.69) is 137 Å². The molecule has 0 saturated heterocycles. The molecule has 4 heterocycles. The van der Waals surface area contributed by atoms with Crippen molar-refractivity contribution >= 4 is 47.7 Å². The molecule has 0 bridgehead atoms. The molecule has 0 atom stereocenters. The van der Waals surface area contributed by atoms with E-state index in [4.69, 9.17) is 0 Å². The molecule has 0 aromatic heterocycles. The molecule has 4 aliphatic rings. The maximum atomic E-state index is 2.76. The molecule has 4 aliphatic heterocycles. The largest absolute Gasteiger partial charge is 0.128 e. The topological polar surface area (TPSA) is 0 Å². The fraction of sp³-hybridized carbons (Fsp3) is 0.227. The van der Waals surface area contributed by atoms with E-state index in [0.717, 1.165) is 0 Å². The van der Waals surface area contributed by atoms with Gasteiger partial charge in [-0.25, -0.2) is 0 Å². The summed E-state index contributed by atoms with van der Waals surface area (Å²) in [5.74, 6) is 1.05. The Morgan fingerprint density at radius 1 is 0.435 bits per heavy atom. The maximum absolute atomic E-state index is 2.76. The first kappa shape index (κ1) is 27.2. The zero-order chi connectivity index (χ0) is 30.9. The van der Waals surface area contributed by atoms with Crippen molar-refractivity contribution in [2.24, 2.45) is 0 Å². The number of hydrogen-bond acceptors (Lipinski definition) is 0. The van der Waals surface area contributed by atoms with Crippen molar-refractivity contribution in [3.05, 3.63) is 143 Å². The van der Waals surface area contributed by atoms with Crippen LogP contribution in [0.3, 0.4) is 0 Å². The Labute approximate surface area is 275 Å². The predicted octanol–water partition coefficient (Wildman–Crippen LogP) is 7.93. The van der Waals surface area contributed by atoms with E-state index >= 15 is 0 Å². The third-order valence-corrected chi connectivity index (χ3v) is 22.1. The lowest BCUT2D eigenvalue weighted by Gasteiger charge is -2.38. The molecule has 0 N–H and O–H groups in total. The predicted molar refractivity (Wildman–Crippen MR) is 201 cm³/mol. The monoisotopic (exact) mass is 624 g/mol. The minimum absolute atomic E-state index is 0.523. The molecule has 0 aliphatic carbocycles. The van der Waals surface area contributed by atoms with Crippen LogP contribution in [0, 0.1) is 0 Å². The fourth-order valence-corrected chi connectivity index (χ4v) is 21.1. The SMILES string of the molecule is CC(C)c1ccc2c(c1)[Si]1(Cc3ccccc3C1)c1cc3c4c(cccc4c1-2)[Si]1(Cc2ccccc2C1)c1cc(C(C)C)ccc1-3. The van der Waals surface area contributed by atoms with Crippen molar-refractivity contribution in [2.45, 2.75) is 63.7 Å². The highest BCUT2D eigenvalue weighted by Crippen LogP contribution is 2.46. The normalized spacial score (nSPS) is 17.1. The zero-order valence-electron chi connectivity index (χ0n) is 27.4. The third-order valence-electron chi connectivity index (χ3n) is 12.4. The quantitative estimate of drug-likeness (QED) is 0.172. The van der Waals surface area contributed by atoms with E-state index in [1.54, 1.807) is 54.0 Å². The first-order chi connectivity index (χ1) is 22.4.